The van der Waals surface area contributed by atoms with Crippen molar-refractivity contribution in [1.82, 2.24) is 10.2 Å². The zero-order valence-electron chi connectivity index (χ0n) is 13.6. The van der Waals surface area contributed by atoms with Crippen LogP contribution in [0.5, 0.6) is 0 Å². The molecule has 3 rings (SSSR count). The smallest absolute Gasteiger partial charge is 0.312 e. The second-order valence-corrected chi connectivity index (χ2v) is 7.85. The first kappa shape index (κ1) is 17.1. The third-order valence-electron chi connectivity index (χ3n) is 4.61. The minimum atomic E-state index is -0.553. The summed E-state index contributed by atoms with van der Waals surface area (Å²) in [4.78, 5) is 25.5. The molecule has 6 nitrogen and oxygen atoms in total. The molecule has 1 aromatic rings. The Morgan fingerprint density at radius 1 is 1.25 bits per heavy atom. The molecule has 2 saturated heterocycles. The fraction of sp³-hybridized carbons (Fsp3) is 0.529. The van der Waals surface area contributed by atoms with Gasteiger partial charge in [0, 0.05) is 48.9 Å². The molecule has 1 spiro atoms. The summed E-state index contributed by atoms with van der Waals surface area (Å²) in [5.74, 6) is 1.06. The van der Waals surface area contributed by atoms with Crippen LogP contribution in [0.15, 0.2) is 24.3 Å². The molecule has 2 fully saturated rings. The monoisotopic (exact) mass is 349 g/mol. The van der Waals surface area contributed by atoms with Crippen molar-refractivity contribution in [3.63, 3.8) is 0 Å². The average Bonchev–Trinajstić information content (AvgIpc) is 2.60. The van der Waals surface area contributed by atoms with Crippen LogP contribution in [0.2, 0.25) is 0 Å². The molecule has 0 saturated carbocycles. The third kappa shape index (κ3) is 4.02. The Morgan fingerprint density at radius 2 is 1.96 bits per heavy atom. The molecule has 7 heteroatoms. The molecule has 0 bridgehead atoms. The number of nitrogens with two attached hydrogens (primary N) is 1. The SMILES string of the molecule is NC(=O)NCc1ccc(C(=O)N2CCSC3(CCOCC3)C2)cc1. The average molecular weight is 349 g/mol. The Labute approximate surface area is 146 Å². The van der Waals surface area contributed by atoms with Gasteiger partial charge in [0.25, 0.3) is 5.91 Å². The molecular weight excluding hydrogens is 326 g/mol. The summed E-state index contributed by atoms with van der Waals surface area (Å²) in [5.41, 5.74) is 6.67. The molecule has 24 heavy (non-hydrogen) atoms. The van der Waals surface area contributed by atoms with Crippen molar-refractivity contribution in [1.29, 1.82) is 0 Å². The number of thioether (sulfide) groups is 1. The van der Waals surface area contributed by atoms with Crippen molar-refractivity contribution in [3.05, 3.63) is 35.4 Å². The van der Waals surface area contributed by atoms with Crippen LogP contribution in [0.4, 0.5) is 4.79 Å². The molecule has 0 radical (unpaired) electrons. The number of carbonyl (C=O) groups is 2. The van der Waals surface area contributed by atoms with Crippen molar-refractivity contribution in [2.45, 2.75) is 24.1 Å². The Balaban J connectivity index is 1.64. The maximum Gasteiger partial charge on any atom is 0.312 e. The number of nitrogens with zero attached hydrogens (tertiary/aromatic N) is 1. The van der Waals surface area contributed by atoms with E-state index in [1.807, 2.05) is 40.9 Å². The van der Waals surface area contributed by atoms with Gasteiger partial charge < -0.3 is 20.7 Å². The van der Waals surface area contributed by atoms with Crippen molar-refractivity contribution < 1.29 is 14.3 Å². The Hall–Kier alpha value is -1.73. The van der Waals surface area contributed by atoms with E-state index in [2.05, 4.69) is 5.32 Å². The summed E-state index contributed by atoms with van der Waals surface area (Å²) in [6, 6.07) is 6.79. The topological polar surface area (TPSA) is 84.7 Å². The lowest BCUT2D eigenvalue weighted by molar-refractivity contribution is 0.0536. The van der Waals surface area contributed by atoms with Gasteiger partial charge in [-0.15, -0.1) is 0 Å². The number of hydrogen-bond donors (Lipinski definition) is 2. The lowest BCUT2D eigenvalue weighted by Crippen LogP contribution is -2.51. The van der Waals surface area contributed by atoms with Gasteiger partial charge in [-0.1, -0.05) is 12.1 Å². The van der Waals surface area contributed by atoms with Gasteiger partial charge in [0.2, 0.25) is 0 Å². The highest BCUT2D eigenvalue weighted by Crippen LogP contribution is 2.39. The van der Waals surface area contributed by atoms with Gasteiger partial charge >= 0.3 is 6.03 Å². The molecule has 3 amide bonds. The molecule has 2 aliphatic heterocycles. The number of rotatable bonds is 3. The van der Waals surface area contributed by atoms with E-state index in [-0.39, 0.29) is 10.7 Å². The van der Waals surface area contributed by atoms with E-state index < -0.39 is 6.03 Å². The van der Waals surface area contributed by atoms with Crippen molar-refractivity contribution >= 4 is 23.7 Å². The van der Waals surface area contributed by atoms with E-state index in [0.717, 1.165) is 50.5 Å². The minimum Gasteiger partial charge on any atom is -0.381 e. The van der Waals surface area contributed by atoms with E-state index in [0.29, 0.717) is 12.1 Å². The number of urea groups is 1. The van der Waals surface area contributed by atoms with Crippen molar-refractivity contribution in [3.8, 4) is 0 Å². The summed E-state index contributed by atoms with van der Waals surface area (Å²) in [6.45, 7) is 3.53. The highest BCUT2D eigenvalue weighted by atomic mass is 32.2. The molecule has 0 unspecified atom stereocenters. The van der Waals surface area contributed by atoms with Gasteiger partial charge in [0.15, 0.2) is 0 Å². The van der Waals surface area contributed by atoms with Crippen LogP contribution >= 0.6 is 11.8 Å². The number of benzene rings is 1. The Kier molecular flexibility index (Phi) is 5.30. The zero-order chi connectivity index (χ0) is 17.0. The van der Waals surface area contributed by atoms with Crippen LogP contribution in [0.25, 0.3) is 0 Å². The van der Waals surface area contributed by atoms with Gasteiger partial charge in [-0.25, -0.2) is 4.79 Å². The largest absolute Gasteiger partial charge is 0.381 e. The van der Waals surface area contributed by atoms with Gasteiger partial charge in [-0.2, -0.15) is 11.8 Å². The molecule has 2 heterocycles. The van der Waals surface area contributed by atoms with Crippen LogP contribution < -0.4 is 11.1 Å². The van der Waals surface area contributed by atoms with E-state index in [9.17, 15) is 9.59 Å². The van der Waals surface area contributed by atoms with E-state index in [1.54, 1.807) is 0 Å². The first-order valence-electron chi connectivity index (χ1n) is 8.21. The summed E-state index contributed by atoms with van der Waals surface area (Å²) >= 11 is 1.99. The maximum absolute atomic E-state index is 12.8. The fourth-order valence-corrected chi connectivity index (χ4v) is 4.65. The van der Waals surface area contributed by atoms with Crippen LogP contribution in [-0.2, 0) is 11.3 Å². The number of hydrogen-bond acceptors (Lipinski definition) is 4. The summed E-state index contributed by atoms with van der Waals surface area (Å²) < 4.78 is 5.64. The van der Waals surface area contributed by atoms with Gasteiger partial charge in [-0.05, 0) is 30.5 Å². The molecule has 1 aromatic carbocycles. The highest BCUT2D eigenvalue weighted by Gasteiger charge is 2.39. The van der Waals surface area contributed by atoms with Crippen LogP contribution in [0.1, 0.15) is 28.8 Å². The summed E-state index contributed by atoms with van der Waals surface area (Å²) in [6.07, 6.45) is 2.03. The second-order valence-electron chi connectivity index (χ2n) is 6.29. The molecule has 0 aromatic heterocycles. The lowest BCUT2D eigenvalue weighted by Gasteiger charge is -2.44. The van der Waals surface area contributed by atoms with Gasteiger partial charge in [-0.3, -0.25) is 4.79 Å². The molecule has 0 atom stereocenters. The van der Waals surface area contributed by atoms with E-state index >= 15 is 0 Å². The predicted octanol–water partition coefficient (Wildman–Crippen LogP) is 1.59. The molecular formula is C17H23N3O3S. The van der Waals surface area contributed by atoms with E-state index in [1.165, 1.54) is 0 Å². The van der Waals surface area contributed by atoms with Crippen molar-refractivity contribution in [2.75, 3.05) is 32.1 Å². The Morgan fingerprint density at radius 3 is 2.62 bits per heavy atom. The van der Waals surface area contributed by atoms with Crippen LogP contribution in [0, 0.1) is 0 Å². The fourth-order valence-electron chi connectivity index (χ4n) is 3.20. The minimum absolute atomic E-state index is 0.0792. The van der Waals surface area contributed by atoms with Crippen LogP contribution in [-0.4, -0.2) is 53.6 Å². The Bertz CT molecular complexity index is 594. The highest BCUT2D eigenvalue weighted by molar-refractivity contribution is 8.00. The van der Waals surface area contributed by atoms with Gasteiger partial charge in [0.1, 0.15) is 0 Å². The molecule has 0 aliphatic carbocycles. The number of ether oxygens (including phenoxy) is 1. The second kappa shape index (κ2) is 7.44. The van der Waals surface area contributed by atoms with Crippen LogP contribution in [0.3, 0.4) is 0 Å². The lowest BCUT2D eigenvalue weighted by atomic mass is 9.97. The third-order valence-corrected chi connectivity index (χ3v) is 6.14. The standard InChI is InChI=1S/C17H23N3O3S/c18-16(22)19-11-13-1-3-14(4-2-13)15(21)20-7-10-24-17(12-20)5-8-23-9-6-17/h1-4H,5-12H2,(H3,18,19,22). The first-order valence-corrected chi connectivity index (χ1v) is 9.20. The summed E-state index contributed by atoms with van der Waals surface area (Å²) in [7, 11) is 0. The normalized spacial score (nSPS) is 19.9. The van der Waals surface area contributed by atoms with E-state index in [4.69, 9.17) is 10.5 Å². The predicted molar refractivity (Wildman–Crippen MR) is 94.0 cm³/mol. The van der Waals surface area contributed by atoms with Crippen molar-refractivity contribution in [2.24, 2.45) is 5.73 Å². The quantitative estimate of drug-likeness (QED) is 0.868. The summed E-state index contributed by atoms with van der Waals surface area (Å²) in [5, 5.41) is 2.54. The number of primary amides is 1. The number of amides is 3. The van der Waals surface area contributed by atoms with Gasteiger partial charge in [0.05, 0.1) is 0 Å². The molecule has 3 N–H and O–H groups in total. The number of nitrogens with one attached hydrogen (secondary N) is 1. The number of carbonyl (C=O) groups excluding carboxylic acids is 2. The first-order chi connectivity index (χ1) is 11.6. The maximum atomic E-state index is 12.8. The zero-order valence-corrected chi connectivity index (χ0v) is 14.4. The molecule has 130 valence electrons. The molecule has 2 aliphatic rings.